The molecule has 1 saturated heterocycles. The highest BCUT2D eigenvalue weighted by molar-refractivity contribution is 7.90. The average Bonchev–Trinajstić information content (AvgIpc) is 2.97. The van der Waals surface area contributed by atoms with Crippen LogP contribution in [0.4, 0.5) is 0 Å². The molecule has 1 heterocycles. The van der Waals surface area contributed by atoms with Crippen molar-refractivity contribution in [1.29, 1.82) is 0 Å². The molecular weight excluding hydrogens is 568 g/mol. The molecule has 2 aromatic rings. The normalized spacial score (nSPS) is 15.6. The van der Waals surface area contributed by atoms with Crippen LogP contribution >= 0.6 is 0 Å². The second-order valence-corrected chi connectivity index (χ2v) is 14.1. The first-order valence-corrected chi connectivity index (χ1v) is 16.2. The molecule has 0 bridgehead atoms. The Morgan fingerprint density at radius 3 is 1.73 bits per heavy atom. The number of carbonyl (C=O) groups excluding carboxylic acids is 1. The molecule has 0 saturated carbocycles. The summed E-state index contributed by atoms with van der Waals surface area (Å²) in [6.45, 7) is 4.18. The molecular formula is C28H40N4O7S2. The zero-order valence-electron chi connectivity index (χ0n) is 24.1. The number of nitrogens with zero attached hydrogens (tertiary/aromatic N) is 4. The summed E-state index contributed by atoms with van der Waals surface area (Å²) in [5, 5.41) is -1.35. The van der Waals surface area contributed by atoms with Crippen molar-refractivity contribution in [3.05, 3.63) is 72.3 Å². The molecule has 0 aromatic heterocycles. The number of hydrogen-bond donors (Lipinski definition) is 0. The lowest BCUT2D eigenvalue weighted by Crippen LogP contribution is -2.56. The zero-order chi connectivity index (χ0) is 30.2. The van der Waals surface area contributed by atoms with Gasteiger partial charge in [-0.15, -0.1) is 6.58 Å². The van der Waals surface area contributed by atoms with E-state index in [-0.39, 0.29) is 45.7 Å². The summed E-state index contributed by atoms with van der Waals surface area (Å²) in [6.07, 6.45) is 1.97. The van der Waals surface area contributed by atoms with Crippen LogP contribution in [0, 0.1) is 0 Å². The fraction of sp³-hybridized carbons (Fsp3) is 0.464. The van der Waals surface area contributed by atoms with Gasteiger partial charge in [0.1, 0.15) is 11.5 Å². The van der Waals surface area contributed by atoms with Gasteiger partial charge in [-0.25, -0.2) is 8.42 Å². The van der Waals surface area contributed by atoms with Gasteiger partial charge in [-0.05, 0) is 48.2 Å². The predicted molar refractivity (Wildman–Crippen MR) is 158 cm³/mol. The third-order valence-corrected chi connectivity index (χ3v) is 11.1. The maximum Gasteiger partial charge on any atom is 0.281 e. The van der Waals surface area contributed by atoms with Gasteiger partial charge in [0.05, 0.1) is 14.2 Å². The lowest BCUT2D eigenvalue weighted by molar-refractivity contribution is -0.132. The largest absolute Gasteiger partial charge is 0.497 e. The lowest BCUT2D eigenvalue weighted by Gasteiger charge is -2.37. The number of sulfonamides is 1. The van der Waals surface area contributed by atoms with E-state index in [0.717, 1.165) is 15.4 Å². The molecule has 41 heavy (non-hydrogen) atoms. The quantitative estimate of drug-likeness (QED) is 0.302. The summed E-state index contributed by atoms with van der Waals surface area (Å²) < 4.78 is 67.8. The maximum atomic E-state index is 14.3. The van der Waals surface area contributed by atoms with Gasteiger partial charge in [0, 0.05) is 53.4 Å². The Morgan fingerprint density at radius 1 is 0.878 bits per heavy atom. The minimum Gasteiger partial charge on any atom is -0.497 e. The van der Waals surface area contributed by atoms with Crippen molar-refractivity contribution in [2.45, 2.75) is 31.2 Å². The van der Waals surface area contributed by atoms with Gasteiger partial charge in [0.15, 0.2) is 5.25 Å². The van der Waals surface area contributed by atoms with Gasteiger partial charge in [0.2, 0.25) is 15.9 Å². The van der Waals surface area contributed by atoms with Crippen LogP contribution in [0.15, 0.2) is 61.2 Å². The van der Waals surface area contributed by atoms with Gasteiger partial charge in [0.25, 0.3) is 10.2 Å². The second kappa shape index (κ2) is 14.3. The van der Waals surface area contributed by atoms with Crippen LogP contribution in [0.1, 0.15) is 24.0 Å². The Morgan fingerprint density at radius 2 is 1.34 bits per heavy atom. The summed E-state index contributed by atoms with van der Waals surface area (Å²) in [7, 11) is -1.80. The molecule has 1 aliphatic heterocycles. The molecule has 1 fully saturated rings. The summed E-state index contributed by atoms with van der Waals surface area (Å²) >= 11 is 0. The Hall–Kier alpha value is -2.97. The molecule has 1 atom stereocenters. The average molecular weight is 609 g/mol. The first kappa shape index (κ1) is 32.5. The first-order chi connectivity index (χ1) is 19.4. The topological polar surface area (TPSA) is 117 Å². The maximum absolute atomic E-state index is 14.3. The number of amides is 1. The number of rotatable bonds is 14. The summed E-state index contributed by atoms with van der Waals surface area (Å²) in [5.74, 6) is 0.753. The van der Waals surface area contributed by atoms with E-state index in [9.17, 15) is 21.6 Å². The Balaban J connectivity index is 1.91. The van der Waals surface area contributed by atoms with Gasteiger partial charge < -0.3 is 14.4 Å². The van der Waals surface area contributed by atoms with Crippen LogP contribution in [0.2, 0.25) is 0 Å². The smallest absolute Gasteiger partial charge is 0.281 e. The number of carbonyl (C=O) groups is 1. The molecule has 0 N–H and O–H groups in total. The van der Waals surface area contributed by atoms with Crippen LogP contribution in [0.25, 0.3) is 0 Å². The molecule has 13 heteroatoms. The number of methoxy groups -OCH3 is 2. The number of allylic oxidation sites excluding steroid dienone is 1. The molecule has 0 radical (unpaired) electrons. The third-order valence-electron chi connectivity index (χ3n) is 7.00. The SMILES string of the molecule is C=CCC[C@H](C(=O)N1CCN(S(=O)(=O)N(C)C)CC1)S(=O)(=O)N(Cc1ccc(OC)cc1)Cc1ccc(OC)cc1. The Bertz CT molecular complexity index is 1320. The second-order valence-electron chi connectivity index (χ2n) is 9.88. The molecule has 226 valence electrons. The van der Waals surface area contributed by atoms with E-state index in [1.165, 1.54) is 27.6 Å². The van der Waals surface area contributed by atoms with Crippen molar-refractivity contribution >= 4 is 26.1 Å². The fourth-order valence-electron chi connectivity index (χ4n) is 4.53. The Labute approximate surface area is 244 Å². The number of piperazine rings is 1. The van der Waals surface area contributed by atoms with E-state index in [1.807, 2.05) is 0 Å². The van der Waals surface area contributed by atoms with Crippen LogP contribution in [0.5, 0.6) is 11.5 Å². The van der Waals surface area contributed by atoms with E-state index in [1.54, 1.807) is 68.8 Å². The van der Waals surface area contributed by atoms with E-state index in [2.05, 4.69) is 6.58 Å². The molecule has 2 aromatic carbocycles. The minimum absolute atomic E-state index is 0.0467. The Kier molecular flexibility index (Phi) is 11.3. The molecule has 0 unspecified atom stereocenters. The predicted octanol–water partition coefficient (Wildman–Crippen LogP) is 2.32. The van der Waals surface area contributed by atoms with E-state index in [0.29, 0.717) is 17.9 Å². The van der Waals surface area contributed by atoms with E-state index in [4.69, 9.17) is 9.47 Å². The van der Waals surface area contributed by atoms with Crippen molar-refractivity contribution in [2.24, 2.45) is 0 Å². The standard InChI is InChI=1S/C28H40N4O7S2/c1-6-7-8-27(28(33)30-17-19-31(20-18-30)41(36,37)29(2)3)40(34,35)32(21-23-9-13-25(38-4)14-10-23)22-24-11-15-26(39-5)16-12-24/h6,9-16,27H,1,7-8,17-22H2,2-5H3/t27-/m1/s1. The van der Waals surface area contributed by atoms with Gasteiger partial charge >= 0.3 is 0 Å². The van der Waals surface area contributed by atoms with E-state index < -0.39 is 31.4 Å². The first-order valence-electron chi connectivity index (χ1n) is 13.3. The van der Waals surface area contributed by atoms with Crippen LogP contribution in [-0.2, 0) is 38.1 Å². The van der Waals surface area contributed by atoms with Crippen molar-refractivity contribution < 1.29 is 31.1 Å². The van der Waals surface area contributed by atoms with Crippen LogP contribution in [0.3, 0.4) is 0 Å². The highest BCUT2D eigenvalue weighted by Crippen LogP contribution is 2.25. The molecule has 0 aliphatic carbocycles. The van der Waals surface area contributed by atoms with Crippen molar-refractivity contribution in [1.82, 2.24) is 17.8 Å². The molecule has 3 rings (SSSR count). The molecule has 1 amide bonds. The fourth-order valence-corrected chi connectivity index (χ4v) is 7.47. The summed E-state index contributed by atoms with van der Waals surface area (Å²) in [6, 6.07) is 14.2. The molecule has 0 spiro atoms. The van der Waals surface area contributed by atoms with E-state index >= 15 is 0 Å². The van der Waals surface area contributed by atoms with Gasteiger partial charge in [-0.3, -0.25) is 4.79 Å². The van der Waals surface area contributed by atoms with Crippen molar-refractivity contribution in [2.75, 3.05) is 54.5 Å². The number of hydrogen-bond acceptors (Lipinski definition) is 7. The minimum atomic E-state index is -4.18. The zero-order valence-corrected chi connectivity index (χ0v) is 25.7. The van der Waals surface area contributed by atoms with Crippen LogP contribution in [-0.4, -0.2) is 100 Å². The lowest BCUT2D eigenvalue weighted by atomic mass is 10.2. The highest BCUT2D eigenvalue weighted by Gasteiger charge is 2.41. The molecule has 11 nitrogen and oxygen atoms in total. The summed E-state index contributed by atoms with van der Waals surface area (Å²) in [5.41, 5.74) is 1.47. The highest BCUT2D eigenvalue weighted by atomic mass is 32.2. The third kappa shape index (κ3) is 8.07. The monoisotopic (exact) mass is 608 g/mol. The van der Waals surface area contributed by atoms with Crippen molar-refractivity contribution in [3.8, 4) is 11.5 Å². The van der Waals surface area contributed by atoms with Crippen LogP contribution < -0.4 is 9.47 Å². The number of ether oxygens (including phenoxy) is 2. The number of benzene rings is 2. The van der Waals surface area contributed by atoms with Gasteiger partial charge in [-0.2, -0.15) is 21.3 Å². The summed E-state index contributed by atoms with van der Waals surface area (Å²) in [4.78, 5) is 15.2. The molecule has 1 aliphatic rings. The van der Waals surface area contributed by atoms with Gasteiger partial charge in [-0.1, -0.05) is 30.3 Å². The van der Waals surface area contributed by atoms with Crippen molar-refractivity contribution in [3.63, 3.8) is 0 Å².